The fourth-order valence-electron chi connectivity index (χ4n) is 3.17. The van der Waals surface area contributed by atoms with Crippen LogP contribution in [0.3, 0.4) is 0 Å². The van der Waals surface area contributed by atoms with Crippen LogP contribution < -0.4 is 0 Å². The molecule has 0 saturated carbocycles. The number of ether oxygens (including phenoxy) is 1. The number of carbonyl (C=O) groups is 1. The van der Waals surface area contributed by atoms with Gasteiger partial charge in [-0.25, -0.2) is 0 Å². The van der Waals surface area contributed by atoms with Gasteiger partial charge in [0, 0.05) is 6.42 Å². The third-order valence-corrected chi connectivity index (χ3v) is 4.94. The van der Waals surface area contributed by atoms with Crippen LogP contribution in [0.5, 0.6) is 11.5 Å². The SMILES string of the molecule is CCCCCCCCC=CCCCCCCCC(=O)OC(O)(O)c1occ(O)c1O. The van der Waals surface area contributed by atoms with Crippen LogP contribution in [0.4, 0.5) is 0 Å². The van der Waals surface area contributed by atoms with E-state index in [2.05, 4.69) is 28.2 Å². The van der Waals surface area contributed by atoms with Gasteiger partial charge in [-0.15, -0.1) is 0 Å². The molecule has 0 bridgehead atoms. The first-order chi connectivity index (χ1) is 14.4. The summed E-state index contributed by atoms with van der Waals surface area (Å²) in [4.78, 5) is 11.7. The lowest BCUT2D eigenvalue weighted by Crippen LogP contribution is -2.31. The fraction of sp³-hybridized carbons (Fsp3) is 0.696. The zero-order valence-corrected chi connectivity index (χ0v) is 18.1. The van der Waals surface area contributed by atoms with Gasteiger partial charge < -0.3 is 29.6 Å². The lowest BCUT2D eigenvalue weighted by Gasteiger charge is -2.19. The molecule has 30 heavy (non-hydrogen) atoms. The molecule has 0 aliphatic carbocycles. The zero-order chi connectivity index (χ0) is 22.2. The molecule has 7 nitrogen and oxygen atoms in total. The van der Waals surface area contributed by atoms with Crippen molar-refractivity contribution in [3.05, 3.63) is 24.2 Å². The molecule has 0 amide bonds. The molecule has 0 fully saturated rings. The van der Waals surface area contributed by atoms with E-state index < -0.39 is 29.2 Å². The molecule has 1 aromatic heterocycles. The van der Waals surface area contributed by atoms with Crippen LogP contribution in [-0.2, 0) is 15.5 Å². The summed E-state index contributed by atoms with van der Waals surface area (Å²) >= 11 is 0. The van der Waals surface area contributed by atoms with Gasteiger partial charge in [0.2, 0.25) is 5.75 Å². The average Bonchev–Trinajstić information content (AvgIpc) is 3.04. The lowest BCUT2D eigenvalue weighted by molar-refractivity contribution is -0.339. The van der Waals surface area contributed by atoms with E-state index in [0.717, 1.165) is 32.1 Å². The predicted molar refractivity (Wildman–Crippen MR) is 114 cm³/mol. The van der Waals surface area contributed by atoms with Crippen molar-refractivity contribution in [3.8, 4) is 11.5 Å². The second kappa shape index (κ2) is 14.9. The average molecular weight is 427 g/mol. The molecule has 7 heteroatoms. The summed E-state index contributed by atoms with van der Waals surface area (Å²) in [5, 5.41) is 38.1. The van der Waals surface area contributed by atoms with E-state index in [9.17, 15) is 25.2 Å². The lowest BCUT2D eigenvalue weighted by atomic mass is 10.1. The first kappa shape index (κ1) is 26.0. The predicted octanol–water partition coefficient (Wildman–Crippen LogP) is 5.37. The molecule has 4 N–H and O–H groups in total. The highest BCUT2D eigenvalue weighted by atomic mass is 16.8. The van der Waals surface area contributed by atoms with Gasteiger partial charge in [0.15, 0.2) is 5.75 Å². The fourth-order valence-corrected chi connectivity index (χ4v) is 3.17. The quantitative estimate of drug-likeness (QED) is 0.114. The number of carbonyl (C=O) groups excluding carboxylic acids is 1. The van der Waals surface area contributed by atoms with Gasteiger partial charge in [-0.05, 0) is 32.1 Å². The molecule has 0 aromatic carbocycles. The van der Waals surface area contributed by atoms with E-state index in [4.69, 9.17) is 0 Å². The maximum absolute atomic E-state index is 11.7. The summed E-state index contributed by atoms with van der Waals surface area (Å²) in [7, 11) is 0. The Bertz CT molecular complexity index is 619. The molecule has 172 valence electrons. The van der Waals surface area contributed by atoms with E-state index in [-0.39, 0.29) is 6.42 Å². The number of furan rings is 1. The Hall–Kier alpha value is -1.99. The van der Waals surface area contributed by atoms with E-state index in [1.807, 2.05) is 0 Å². The van der Waals surface area contributed by atoms with Crippen molar-refractivity contribution in [3.63, 3.8) is 0 Å². The van der Waals surface area contributed by atoms with Crippen LogP contribution in [0, 0.1) is 0 Å². The van der Waals surface area contributed by atoms with Crippen molar-refractivity contribution in [2.45, 2.75) is 103 Å². The largest absolute Gasteiger partial charge is 0.502 e. The molecule has 0 saturated heterocycles. The molecule has 0 atom stereocenters. The minimum Gasteiger partial charge on any atom is -0.502 e. The highest BCUT2D eigenvalue weighted by molar-refractivity contribution is 5.69. The summed E-state index contributed by atoms with van der Waals surface area (Å²) in [5.41, 5.74) is 0. The van der Waals surface area contributed by atoms with Crippen molar-refractivity contribution in [2.24, 2.45) is 0 Å². The monoisotopic (exact) mass is 426 g/mol. The van der Waals surface area contributed by atoms with Crippen molar-refractivity contribution >= 4 is 5.97 Å². The first-order valence-corrected chi connectivity index (χ1v) is 11.2. The molecule has 0 radical (unpaired) electrons. The Kier molecular flexibility index (Phi) is 12.9. The van der Waals surface area contributed by atoms with Crippen LogP contribution in [0.1, 0.15) is 103 Å². The van der Waals surface area contributed by atoms with Gasteiger partial charge in [-0.3, -0.25) is 4.79 Å². The highest BCUT2D eigenvalue weighted by Gasteiger charge is 2.39. The highest BCUT2D eigenvalue weighted by Crippen LogP contribution is 2.37. The van der Waals surface area contributed by atoms with Crippen molar-refractivity contribution in [2.75, 3.05) is 0 Å². The number of unbranched alkanes of at least 4 members (excludes halogenated alkanes) is 11. The Morgan fingerprint density at radius 1 is 0.933 bits per heavy atom. The van der Waals surface area contributed by atoms with Crippen LogP contribution in [-0.4, -0.2) is 26.4 Å². The molecular formula is C23H38O7. The Morgan fingerprint density at radius 3 is 2.00 bits per heavy atom. The summed E-state index contributed by atoms with van der Waals surface area (Å²) in [6.07, 6.45) is 20.1. The van der Waals surface area contributed by atoms with E-state index in [1.165, 1.54) is 44.9 Å². The minimum absolute atomic E-state index is 0.0223. The van der Waals surface area contributed by atoms with E-state index in [0.29, 0.717) is 12.7 Å². The number of allylic oxidation sites excluding steroid dienone is 2. The normalized spacial score (nSPS) is 12.0. The van der Waals surface area contributed by atoms with Gasteiger partial charge in [0.05, 0.1) is 0 Å². The third kappa shape index (κ3) is 10.7. The number of esters is 1. The molecule has 0 unspecified atom stereocenters. The topological polar surface area (TPSA) is 120 Å². The number of rotatable bonds is 17. The molecule has 0 aliphatic heterocycles. The van der Waals surface area contributed by atoms with Crippen LogP contribution in [0.15, 0.2) is 22.8 Å². The second-order valence-electron chi connectivity index (χ2n) is 7.72. The van der Waals surface area contributed by atoms with Crippen LogP contribution in [0.25, 0.3) is 0 Å². The Morgan fingerprint density at radius 2 is 1.47 bits per heavy atom. The van der Waals surface area contributed by atoms with Gasteiger partial charge in [-0.1, -0.05) is 70.4 Å². The van der Waals surface area contributed by atoms with E-state index >= 15 is 0 Å². The Balaban J connectivity index is 2.00. The standard InChI is InChI=1S/C23H38O7/c1-2-3-4-5-6-7-8-9-10-11-12-13-14-15-16-17-20(25)30-23(27,28)22-21(26)19(24)18-29-22/h9-10,18,24,26-28H,2-8,11-17H2,1H3. The minimum atomic E-state index is -3.12. The van der Waals surface area contributed by atoms with Gasteiger partial charge in [-0.2, -0.15) is 0 Å². The molecule has 0 aliphatic rings. The van der Waals surface area contributed by atoms with Gasteiger partial charge >= 0.3 is 11.9 Å². The molecule has 0 spiro atoms. The van der Waals surface area contributed by atoms with Crippen LogP contribution >= 0.6 is 0 Å². The summed E-state index contributed by atoms with van der Waals surface area (Å²) in [5.74, 6) is -6.34. The smallest absolute Gasteiger partial charge is 0.391 e. The van der Waals surface area contributed by atoms with E-state index in [1.54, 1.807) is 0 Å². The zero-order valence-electron chi connectivity index (χ0n) is 18.1. The molecular weight excluding hydrogens is 388 g/mol. The van der Waals surface area contributed by atoms with Crippen molar-refractivity contribution in [1.29, 1.82) is 0 Å². The molecule has 1 aromatic rings. The molecule has 1 heterocycles. The molecule has 1 rings (SSSR count). The maximum Gasteiger partial charge on any atom is 0.391 e. The second-order valence-corrected chi connectivity index (χ2v) is 7.72. The van der Waals surface area contributed by atoms with Crippen LogP contribution in [0.2, 0.25) is 0 Å². The first-order valence-electron chi connectivity index (χ1n) is 11.2. The number of aromatic hydroxyl groups is 2. The summed E-state index contributed by atoms with van der Waals surface area (Å²) in [6.45, 7) is 2.23. The summed E-state index contributed by atoms with van der Waals surface area (Å²) in [6, 6.07) is 0. The number of aliphatic hydroxyl groups is 2. The maximum atomic E-state index is 11.7. The van der Waals surface area contributed by atoms with Gasteiger partial charge in [0.25, 0.3) is 5.76 Å². The van der Waals surface area contributed by atoms with Crippen molar-refractivity contribution < 1.29 is 34.4 Å². The van der Waals surface area contributed by atoms with Crippen molar-refractivity contribution in [1.82, 2.24) is 0 Å². The van der Waals surface area contributed by atoms with Gasteiger partial charge in [0.1, 0.15) is 6.26 Å². The third-order valence-electron chi connectivity index (χ3n) is 4.94. The number of hydrogen-bond acceptors (Lipinski definition) is 7. The number of hydrogen-bond donors (Lipinski definition) is 4. The summed E-state index contributed by atoms with van der Waals surface area (Å²) < 4.78 is 9.14. The Labute approximate surface area is 179 Å².